The summed E-state index contributed by atoms with van der Waals surface area (Å²) in [6, 6.07) is 0. The van der Waals surface area contributed by atoms with E-state index in [9.17, 15) is 9.00 Å². The molecule has 0 spiro atoms. The molecule has 5 heteroatoms. The average Bonchev–Trinajstić information content (AvgIpc) is 2.47. The summed E-state index contributed by atoms with van der Waals surface area (Å²) in [4.78, 5) is 13.3. The van der Waals surface area contributed by atoms with Gasteiger partial charge in [-0.05, 0) is 12.8 Å². The summed E-state index contributed by atoms with van der Waals surface area (Å²) in [5, 5.41) is 3.14. The Morgan fingerprint density at radius 1 is 1.64 bits per heavy atom. The van der Waals surface area contributed by atoms with Crippen molar-refractivity contribution in [2.24, 2.45) is 0 Å². The fourth-order valence-corrected chi connectivity index (χ4v) is 2.21. The number of carbonyl (C=O) groups excluding carboxylic acids is 1. The molecule has 0 bridgehead atoms. The maximum absolute atomic E-state index is 11.4. The summed E-state index contributed by atoms with van der Waals surface area (Å²) in [5.74, 6) is 0.846. The largest absolute Gasteiger partial charge is 0.326 e. The molecule has 2 unspecified atom stereocenters. The van der Waals surface area contributed by atoms with Crippen molar-refractivity contribution in [3.8, 4) is 0 Å². The van der Waals surface area contributed by atoms with Gasteiger partial charge in [-0.3, -0.25) is 14.3 Å². The molecule has 1 heterocycles. The summed E-state index contributed by atoms with van der Waals surface area (Å²) in [5.41, 5.74) is 0. The molecule has 0 aromatic rings. The van der Waals surface area contributed by atoms with Crippen LogP contribution in [0.1, 0.15) is 19.8 Å². The lowest BCUT2D eigenvalue weighted by Crippen LogP contribution is -2.37. The molecule has 1 aliphatic rings. The highest BCUT2D eigenvalue weighted by Gasteiger charge is 2.27. The second-order valence-electron chi connectivity index (χ2n) is 3.52. The molecule has 0 radical (unpaired) electrons. The van der Waals surface area contributed by atoms with Gasteiger partial charge in [0, 0.05) is 29.4 Å². The molecule has 1 saturated heterocycles. The molecule has 0 saturated carbocycles. The van der Waals surface area contributed by atoms with Crippen molar-refractivity contribution >= 4 is 16.7 Å². The van der Waals surface area contributed by atoms with E-state index in [-0.39, 0.29) is 12.1 Å². The first-order valence-electron chi connectivity index (χ1n) is 4.98. The molecule has 0 aliphatic carbocycles. The highest BCUT2D eigenvalue weighted by Crippen LogP contribution is 2.08. The number of nitrogens with one attached hydrogen (secondary N) is 1. The molecular formula is C9H18N2O2S. The number of hydrogen-bond donors (Lipinski definition) is 1. The first-order valence-corrected chi connectivity index (χ1v) is 6.70. The number of nitrogens with zero attached hydrogens (tertiary/aromatic N) is 1. The molecule has 0 aromatic carbocycles. The van der Waals surface area contributed by atoms with E-state index in [2.05, 4.69) is 12.2 Å². The van der Waals surface area contributed by atoms with Crippen LogP contribution in [0, 0.1) is 0 Å². The van der Waals surface area contributed by atoms with Gasteiger partial charge in [-0.2, -0.15) is 0 Å². The van der Waals surface area contributed by atoms with Crippen molar-refractivity contribution < 1.29 is 9.00 Å². The lowest BCUT2D eigenvalue weighted by Gasteiger charge is -2.22. The summed E-state index contributed by atoms with van der Waals surface area (Å²) in [6.45, 7) is 3.24. The van der Waals surface area contributed by atoms with Gasteiger partial charge in [0.25, 0.3) is 0 Å². The highest BCUT2D eigenvalue weighted by molar-refractivity contribution is 7.84. The predicted octanol–water partition coefficient (Wildman–Crippen LogP) is -0.0771. The van der Waals surface area contributed by atoms with Crippen molar-refractivity contribution in [1.29, 1.82) is 0 Å². The molecular weight excluding hydrogens is 200 g/mol. The van der Waals surface area contributed by atoms with Gasteiger partial charge < -0.3 is 4.90 Å². The van der Waals surface area contributed by atoms with Crippen LogP contribution in [-0.2, 0) is 15.6 Å². The molecule has 1 fully saturated rings. The van der Waals surface area contributed by atoms with E-state index in [0.29, 0.717) is 12.3 Å². The predicted molar refractivity (Wildman–Crippen MR) is 57.3 cm³/mol. The first kappa shape index (κ1) is 11.7. The quantitative estimate of drug-likeness (QED) is 0.702. The summed E-state index contributed by atoms with van der Waals surface area (Å²) < 4.78 is 10.8. The van der Waals surface area contributed by atoms with Crippen LogP contribution in [0.15, 0.2) is 0 Å². The smallest absolute Gasteiger partial charge is 0.237 e. The van der Waals surface area contributed by atoms with Crippen LogP contribution in [0.25, 0.3) is 0 Å². The Bertz CT molecular complexity index is 233. The maximum Gasteiger partial charge on any atom is 0.237 e. The number of amides is 1. The van der Waals surface area contributed by atoms with Crippen molar-refractivity contribution in [1.82, 2.24) is 10.2 Å². The third-order valence-corrected chi connectivity index (χ3v) is 3.27. The van der Waals surface area contributed by atoms with E-state index in [1.165, 1.54) is 0 Å². The van der Waals surface area contributed by atoms with Gasteiger partial charge in [0.1, 0.15) is 0 Å². The molecule has 2 atom stereocenters. The molecule has 82 valence electrons. The number of rotatable bonds is 5. The number of hydrogen-bond acceptors (Lipinski definition) is 3. The average molecular weight is 218 g/mol. The Hall–Kier alpha value is -0.420. The lowest BCUT2D eigenvalue weighted by atomic mass is 10.3. The summed E-state index contributed by atoms with van der Waals surface area (Å²) in [6.07, 6.45) is 3.64. The fraction of sp³-hybridized carbons (Fsp3) is 0.889. The van der Waals surface area contributed by atoms with Crippen molar-refractivity contribution in [2.75, 3.05) is 25.1 Å². The van der Waals surface area contributed by atoms with Crippen molar-refractivity contribution in [2.45, 2.75) is 25.9 Å². The van der Waals surface area contributed by atoms with Gasteiger partial charge in [-0.1, -0.05) is 6.92 Å². The zero-order chi connectivity index (χ0) is 10.6. The normalized spacial score (nSPS) is 24.3. The van der Waals surface area contributed by atoms with Gasteiger partial charge in [0.05, 0.1) is 12.7 Å². The Balaban J connectivity index is 2.33. The van der Waals surface area contributed by atoms with E-state index in [4.69, 9.17) is 0 Å². The zero-order valence-corrected chi connectivity index (χ0v) is 9.60. The third-order valence-electron chi connectivity index (χ3n) is 2.40. The number of carbonyl (C=O) groups is 1. The highest BCUT2D eigenvalue weighted by atomic mass is 32.2. The molecule has 0 aromatic heterocycles. The van der Waals surface area contributed by atoms with E-state index < -0.39 is 10.8 Å². The molecule has 14 heavy (non-hydrogen) atoms. The van der Waals surface area contributed by atoms with Gasteiger partial charge in [0.2, 0.25) is 5.91 Å². The molecule has 1 N–H and O–H groups in total. The Morgan fingerprint density at radius 2 is 2.36 bits per heavy atom. The second-order valence-corrected chi connectivity index (χ2v) is 5.08. The molecule has 1 aliphatic heterocycles. The zero-order valence-electron chi connectivity index (χ0n) is 8.78. The van der Waals surface area contributed by atoms with Crippen LogP contribution in [0.5, 0.6) is 0 Å². The van der Waals surface area contributed by atoms with E-state index in [1.807, 2.05) is 4.90 Å². The molecule has 1 amide bonds. The topological polar surface area (TPSA) is 49.4 Å². The minimum absolute atomic E-state index is 0.165. The van der Waals surface area contributed by atoms with E-state index >= 15 is 0 Å². The van der Waals surface area contributed by atoms with Crippen molar-refractivity contribution in [3.63, 3.8) is 0 Å². The van der Waals surface area contributed by atoms with Gasteiger partial charge in [0.15, 0.2) is 0 Å². The van der Waals surface area contributed by atoms with Crippen LogP contribution in [0.4, 0.5) is 0 Å². The Morgan fingerprint density at radius 3 is 2.93 bits per heavy atom. The van der Waals surface area contributed by atoms with Gasteiger partial charge in [-0.25, -0.2) is 0 Å². The second kappa shape index (κ2) is 5.46. The Labute approximate surface area is 87.5 Å². The monoisotopic (exact) mass is 218 g/mol. The maximum atomic E-state index is 11.4. The minimum atomic E-state index is -0.748. The summed E-state index contributed by atoms with van der Waals surface area (Å²) in [7, 11) is -0.748. The van der Waals surface area contributed by atoms with Crippen LogP contribution in [0.2, 0.25) is 0 Å². The molecule has 4 nitrogen and oxygen atoms in total. The minimum Gasteiger partial charge on any atom is -0.326 e. The SMILES string of the molecule is CCC1NCC(=O)N1CCCS(C)=O. The first-order chi connectivity index (χ1) is 6.65. The molecule has 1 rings (SSSR count). The summed E-state index contributed by atoms with van der Waals surface area (Å²) >= 11 is 0. The van der Waals surface area contributed by atoms with Gasteiger partial charge in [-0.15, -0.1) is 0 Å². The Kier molecular flexibility index (Phi) is 4.54. The van der Waals surface area contributed by atoms with Crippen molar-refractivity contribution in [3.05, 3.63) is 0 Å². The standard InChI is InChI=1S/C9H18N2O2S/c1-3-8-10-7-9(12)11(8)5-4-6-14(2)13/h8,10H,3-7H2,1-2H3. The van der Waals surface area contributed by atoms with Crippen LogP contribution < -0.4 is 5.32 Å². The van der Waals surface area contributed by atoms with E-state index in [1.54, 1.807) is 6.26 Å². The van der Waals surface area contributed by atoms with Gasteiger partial charge >= 0.3 is 0 Å². The fourth-order valence-electron chi connectivity index (χ4n) is 1.67. The van der Waals surface area contributed by atoms with E-state index in [0.717, 1.165) is 19.4 Å². The third kappa shape index (κ3) is 3.06. The van der Waals surface area contributed by atoms with Crippen LogP contribution >= 0.6 is 0 Å². The van der Waals surface area contributed by atoms with Crippen LogP contribution in [-0.4, -0.2) is 46.3 Å². The van der Waals surface area contributed by atoms with Crippen LogP contribution in [0.3, 0.4) is 0 Å². The lowest BCUT2D eigenvalue weighted by molar-refractivity contribution is -0.128.